The van der Waals surface area contributed by atoms with Crippen molar-refractivity contribution in [1.29, 1.82) is 0 Å². The molecule has 13 heavy (non-hydrogen) atoms. The molecule has 1 nitrogen and oxygen atoms in total. The highest BCUT2D eigenvalue weighted by atomic mass is 79.9. The fourth-order valence-corrected chi connectivity index (χ4v) is 3.84. The summed E-state index contributed by atoms with van der Waals surface area (Å²) in [5.74, 6) is 0.749. The van der Waals surface area contributed by atoms with Crippen LogP contribution in [-0.4, -0.2) is 9.96 Å². The molecule has 0 bridgehead atoms. The molecule has 3 heteroatoms. The second-order valence-electron chi connectivity index (χ2n) is 4.01. The van der Waals surface area contributed by atoms with Crippen LogP contribution in [-0.2, 0) is 16.2 Å². The van der Waals surface area contributed by atoms with Gasteiger partial charge in [-0.1, -0.05) is 29.8 Å². The lowest BCUT2D eigenvalue weighted by atomic mass is 9.87. The van der Waals surface area contributed by atoms with Crippen LogP contribution >= 0.6 is 15.9 Å². The van der Waals surface area contributed by atoms with E-state index < -0.39 is 10.8 Å². The molecule has 1 atom stereocenters. The fourth-order valence-electron chi connectivity index (χ4n) is 1.71. The normalized spacial score (nSPS) is 24.4. The first-order valence-corrected chi connectivity index (χ1v) is 6.30. The van der Waals surface area contributed by atoms with E-state index in [4.69, 9.17) is 0 Å². The lowest BCUT2D eigenvalue weighted by Crippen LogP contribution is -2.17. The van der Waals surface area contributed by atoms with Crippen LogP contribution in [0.1, 0.15) is 19.4 Å². The summed E-state index contributed by atoms with van der Waals surface area (Å²) in [4.78, 5) is 1.01. The molecular weight excluding hydrogens is 248 g/mol. The molecule has 0 N–H and O–H groups in total. The molecule has 0 amide bonds. The van der Waals surface area contributed by atoms with Gasteiger partial charge in [0.2, 0.25) is 0 Å². The van der Waals surface area contributed by atoms with Gasteiger partial charge in [0.15, 0.2) is 0 Å². The Kier molecular flexibility index (Phi) is 2.11. The number of halogens is 1. The minimum absolute atomic E-state index is 0.0595. The van der Waals surface area contributed by atoms with Crippen molar-refractivity contribution in [2.24, 2.45) is 0 Å². The summed E-state index contributed by atoms with van der Waals surface area (Å²) < 4.78 is 12.8. The van der Waals surface area contributed by atoms with E-state index in [1.54, 1.807) is 0 Å². The van der Waals surface area contributed by atoms with E-state index in [2.05, 4.69) is 35.8 Å². The van der Waals surface area contributed by atoms with E-state index in [1.807, 2.05) is 12.1 Å². The minimum atomic E-state index is -0.796. The van der Waals surface area contributed by atoms with Crippen LogP contribution in [0, 0.1) is 0 Å². The van der Waals surface area contributed by atoms with E-state index in [0.29, 0.717) is 0 Å². The highest BCUT2D eigenvalue weighted by Crippen LogP contribution is 2.38. The zero-order valence-electron chi connectivity index (χ0n) is 7.63. The van der Waals surface area contributed by atoms with Gasteiger partial charge in [-0.2, -0.15) is 0 Å². The van der Waals surface area contributed by atoms with Crippen molar-refractivity contribution in [2.75, 3.05) is 5.75 Å². The fraction of sp³-hybridized carbons (Fsp3) is 0.400. The summed E-state index contributed by atoms with van der Waals surface area (Å²) in [6.45, 7) is 4.28. The van der Waals surface area contributed by atoms with Gasteiger partial charge < -0.3 is 0 Å². The largest absolute Gasteiger partial charge is 0.254 e. The number of benzene rings is 1. The van der Waals surface area contributed by atoms with E-state index in [0.717, 1.165) is 15.1 Å². The van der Waals surface area contributed by atoms with Crippen molar-refractivity contribution in [3.05, 3.63) is 28.2 Å². The maximum absolute atomic E-state index is 11.7. The van der Waals surface area contributed by atoms with Crippen LogP contribution in [0.2, 0.25) is 0 Å². The lowest BCUT2D eigenvalue weighted by molar-refractivity contribution is 0.599. The van der Waals surface area contributed by atoms with Crippen LogP contribution in [0.5, 0.6) is 0 Å². The van der Waals surface area contributed by atoms with Crippen molar-refractivity contribution >= 4 is 26.7 Å². The molecule has 0 spiro atoms. The highest BCUT2D eigenvalue weighted by molar-refractivity contribution is 9.10. The first-order valence-electron chi connectivity index (χ1n) is 4.19. The third-order valence-corrected chi connectivity index (χ3v) is 4.73. The van der Waals surface area contributed by atoms with Gasteiger partial charge in [0, 0.05) is 20.5 Å². The maximum atomic E-state index is 11.7. The molecular formula is C10H11BrOS. The number of hydrogen-bond donors (Lipinski definition) is 0. The number of rotatable bonds is 0. The van der Waals surface area contributed by atoms with Gasteiger partial charge >= 0.3 is 0 Å². The van der Waals surface area contributed by atoms with Crippen LogP contribution in [0.4, 0.5) is 0 Å². The zero-order chi connectivity index (χ0) is 9.64. The Morgan fingerprint density at radius 2 is 2.15 bits per heavy atom. The molecule has 0 aromatic heterocycles. The molecule has 0 radical (unpaired) electrons. The summed E-state index contributed by atoms with van der Waals surface area (Å²) in [7, 11) is -0.796. The topological polar surface area (TPSA) is 17.1 Å². The first kappa shape index (κ1) is 9.41. The molecule has 0 fully saturated rings. The highest BCUT2D eigenvalue weighted by Gasteiger charge is 2.34. The summed E-state index contributed by atoms with van der Waals surface area (Å²) >= 11 is 3.44. The smallest absolute Gasteiger partial charge is 0.0541 e. The second kappa shape index (κ2) is 2.92. The summed E-state index contributed by atoms with van der Waals surface area (Å²) in [5.41, 5.74) is 1.28. The molecule has 2 rings (SSSR count). The molecule has 0 saturated heterocycles. The quantitative estimate of drug-likeness (QED) is 0.700. The van der Waals surface area contributed by atoms with Gasteiger partial charge in [-0.25, -0.2) is 0 Å². The monoisotopic (exact) mass is 258 g/mol. The van der Waals surface area contributed by atoms with Crippen molar-refractivity contribution in [3.63, 3.8) is 0 Å². The zero-order valence-corrected chi connectivity index (χ0v) is 10.0. The average Bonchev–Trinajstić information content (AvgIpc) is 2.23. The Morgan fingerprint density at radius 1 is 1.46 bits per heavy atom. The Balaban J connectivity index is 2.66. The third-order valence-electron chi connectivity index (χ3n) is 2.41. The van der Waals surface area contributed by atoms with Gasteiger partial charge in [-0.3, -0.25) is 4.21 Å². The van der Waals surface area contributed by atoms with Crippen molar-refractivity contribution in [3.8, 4) is 0 Å². The van der Waals surface area contributed by atoms with E-state index in [-0.39, 0.29) is 5.41 Å². The molecule has 1 aliphatic heterocycles. The Labute approximate surface area is 89.1 Å². The lowest BCUT2D eigenvalue weighted by Gasteiger charge is -2.16. The van der Waals surface area contributed by atoms with Gasteiger partial charge in [0.25, 0.3) is 0 Å². The van der Waals surface area contributed by atoms with E-state index in [1.165, 1.54) is 5.56 Å². The predicted molar refractivity (Wildman–Crippen MR) is 58.4 cm³/mol. The van der Waals surface area contributed by atoms with Crippen molar-refractivity contribution < 1.29 is 4.21 Å². The summed E-state index contributed by atoms with van der Waals surface area (Å²) in [6, 6.07) is 6.00. The number of hydrogen-bond acceptors (Lipinski definition) is 1. The molecule has 1 heterocycles. The van der Waals surface area contributed by atoms with Gasteiger partial charge in [0.05, 0.1) is 10.8 Å². The third kappa shape index (κ3) is 1.48. The summed E-state index contributed by atoms with van der Waals surface area (Å²) in [6.07, 6.45) is 0. The van der Waals surface area contributed by atoms with Crippen LogP contribution in [0.25, 0.3) is 0 Å². The maximum Gasteiger partial charge on any atom is 0.0541 e. The Morgan fingerprint density at radius 3 is 2.85 bits per heavy atom. The van der Waals surface area contributed by atoms with Gasteiger partial charge in [-0.15, -0.1) is 0 Å². The standard InChI is InChI=1S/C10H11BrOS/c1-10(2)6-13(12)9-4-3-7(11)5-8(9)10/h3-5H,6H2,1-2H3. The molecule has 0 aliphatic carbocycles. The summed E-state index contributed by atoms with van der Waals surface area (Å²) in [5, 5.41) is 0. The number of fused-ring (bicyclic) bond motifs is 1. The van der Waals surface area contributed by atoms with E-state index in [9.17, 15) is 4.21 Å². The van der Waals surface area contributed by atoms with Crippen molar-refractivity contribution in [1.82, 2.24) is 0 Å². The van der Waals surface area contributed by atoms with Crippen LogP contribution in [0.3, 0.4) is 0 Å². The molecule has 1 unspecified atom stereocenters. The SMILES string of the molecule is CC1(C)CS(=O)c2ccc(Br)cc21. The molecule has 1 aromatic carbocycles. The molecule has 70 valence electrons. The molecule has 1 aliphatic rings. The van der Waals surface area contributed by atoms with Crippen LogP contribution in [0.15, 0.2) is 27.6 Å². The van der Waals surface area contributed by atoms with Gasteiger partial charge in [0.1, 0.15) is 0 Å². The Bertz CT molecular complexity index is 385. The van der Waals surface area contributed by atoms with E-state index >= 15 is 0 Å². The Hall–Kier alpha value is -0.150. The average molecular weight is 259 g/mol. The van der Waals surface area contributed by atoms with Gasteiger partial charge in [-0.05, 0) is 23.8 Å². The predicted octanol–water partition coefficient (Wildman–Crippen LogP) is 2.85. The van der Waals surface area contributed by atoms with Crippen molar-refractivity contribution in [2.45, 2.75) is 24.2 Å². The molecule has 1 aromatic rings. The first-order chi connectivity index (χ1) is 6.00. The second-order valence-corrected chi connectivity index (χ2v) is 6.35. The van der Waals surface area contributed by atoms with Crippen LogP contribution < -0.4 is 0 Å². The minimum Gasteiger partial charge on any atom is -0.254 e. The molecule has 0 saturated carbocycles.